The standard InChI is InChI=1S/C21H25F3O5/c1-13(2)19(25)28-11-7-5-4-6-10-27-15-8-9-16-14(3)18(21(22,23)24)20(26)29-17(16)12-15/h8-9,12-13H,4-7,10-11H2,1-3H3. The molecule has 0 unspecified atom stereocenters. The van der Waals surface area contributed by atoms with Gasteiger partial charge in [0.15, 0.2) is 0 Å². The summed E-state index contributed by atoms with van der Waals surface area (Å²) in [4.78, 5) is 23.0. The largest absolute Gasteiger partial charge is 0.493 e. The Morgan fingerprint density at radius 3 is 2.38 bits per heavy atom. The van der Waals surface area contributed by atoms with E-state index in [2.05, 4.69) is 0 Å². The lowest BCUT2D eigenvalue weighted by Gasteiger charge is -2.12. The van der Waals surface area contributed by atoms with Crippen LogP contribution in [-0.4, -0.2) is 19.2 Å². The molecular formula is C21H25F3O5. The van der Waals surface area contributed by atoms with Crippen LogP contribution in [0.4, 0.5) is 13.2 Å². The van der Waals surface area contributed by atoms with Gasteiger partial charge in [-0.2, -0.15) is 13.2 Å². The van der Waals surface area contributed by atoms with Crippen LogP contribution in [0.15, 0.2) is 27.4 Å². The highest BCUT2D eigenvalue weighted by molar-refractivity contribution is 5.82. The van der Waals surface area contributed by atoms with Gasteiger partial charge in [-0.1, -0.05) is 13.8 Å². The van der Waals surface area contributed by atoms with E-state index in [1.54, 1.807) is 19.9 Å². The van der Waals surface area contributed by atoms with Gasteiger partial charge in [0, 0.05) is 11.5 Å². The number of carbonyl (C=O) groups is 1. The van der Waals surface area contributed by atoms with Crippen LogP contribution in [0.2, 0.25) is 0 Å². The molecular weight excluding hydrogens is 389 g/mol. The molecule has 2 rings (SSSR count). The van der Waals surface area contributed by atoms with Gasteiger partial charge in [0.2, 0.25) is 0 Å². The number of carbonyl (C=O) groups excluding carboxylic acids is 1. The number of unbranched alkanes of at least 4 members (excludes halogenated alkanes) is 3. The van der Waals surface area contributed by atoms with E-state index in [-0.39, 0.29) is 28.4 Å². The van der Waals surface area contributed by atoms with Crippen molar-refractivity contribution in [2.24, 2.45) is 5.92 Å². The van der Waals surface area contributed by atoms with Crippen molar-refractivity contribution in [3.63, 3.8) is 0 Å². The fourth-order valence-corrected chi connectivity index (χ4v) is 2.84. The third kappa shape index (κ3) is 6.24. The van der Waals surface area contributed by atoms with E-state index in [4.69, 9.17) is 13.9 Å². The first-order valence-electron chi connectivity index (χ1n) is 9.55. The molecule has 2 aromatic rings. The second-order valence-electron chi connectivity index (χ2n) is 7.13. The van der Waals surface area contributed by atoms with Crippen molar-refractivity contribution in [3.8, 4) is 5.75 Å². The Kier molecular flexibility index (Phi) is 7.70. The molecule has 29 heavy (non-hydrogen) atoms. The summed E-state index contributed by atoms with van der Waals surface area (Å²) in [6.45, 7) is 5.64. The number of aryl methyl sites for hydroxylation is 1. The fourth-order valence-electron chi connectivity index (χ4n) is 2.84. The van der Waals surface area contributed by atoms with E-state index in [0.717, 1.165) is 25.7 Å². The molecule has 1 aromatic heterocycles. The quantitative estimate of drug-likeness (QED) is 0.318. The molecule has 0 saturated heterocycles. The molecule has 0 bridgehead atoms. The van der Waals surface area contributed by atoms with E-state index in [9.17, 15) is 22.8 Å². The van der Waals surface area contributed by atoms with Crippen LogP contribution in [-0.2, 0) is 15.7 Å². The maximum atomic E-state index is 13.0. The summed E-state index contributed by atoms with van der Waals surface area (Å²) in [7, 11) is 0. The van der Waals surface area contributed by atoms with Crippen LogP contribution in [0.5, 0.6) is 5.75 Å². The van der Waals surface area contributed by atoms with E-state index >= 15 is 0 Å². The summed E-state index contributed by atoms with van der Waals surface area (Å²) < 4.78 is 54.5. The van der Waals surface area contributed by atoms with Gasteiger partial charge in [-0.3, -0.25) is 4.79 Å². The van der Waals surface area contributed by atoms with Crippen molar-refractivity contribution < 1.29 is 31.9 Å². The number of benzene rings is 1. The average molecular weight is 414 g/mol. The molecule has 1 aromatic carbocycles. The molecule has 0 aliphatic carbocycles. The Labute approximate surface area is 166 Å². The summed E-state index contributed by atoms with van der Waals surface area (Å²) in [5, 5.41) is 0.222. The Morgan fingerprint density at radius 2 is 1.76 bits per heavy atom. The van der Waals surface area contributed by atoms with Crippen LogP contribution in [0, 0.1) is 12.8 Å². The molecule has 0 spiro atoms. The number of ether oxygens (including phenoxy) is 2. The lowest BCUT2D eigenvalue weighted by atomic mass is 10.1. The highest BCUT2D eigenvalue weighted by Gasteiger charge is 2.37. The minimum absolute atomic E-state index is 0.0602. The molecule has 0 atom stereocenters. The van der Waals surface area contributed by atoms with E-state index in [0.29, 0.717) is 19.0 Å². The zero-order chi connectivity index (χ0) is 21.6. The van der Waals surface area contributed by atoms with Crippen molar-refractivity contribution in [2.45, 2.75) is 52.6 Å². The number of fused-ring (bicyclic) bond motifs is 1. The van der Waals surface area contributed by atoms with Gasteiger partial charge in [0.1, 0.15) is 16.9 Å². The van der Waals surface area contributed by atoms with Crippen LogP contribution >= 0.6 is 0 Å². The Morgan fingerprint density at radius 1 is 1.10 bits per heavy atom. The van der Waals surface area contributed by atoms with E-state index < -0.39 is 17.4 Å². The number of rotatable bonds is 9. The molecule has 8 heteroatoms. The third-order valence-electron chi connectivity index (χ3n) is 4.45. The number of halogens is 3. The number of esters is 1. The van der Waals surface area contributed by atoms with Crippen LogP contribution in [0.3, 0.4) is 0 Å². The summed E-state index contributed by atoms with van der Waals surface area (Å²) in [5.41, 5.74) is -2.78. The van der Waals surface area contributed by atoms with Crippen molar-refractivity contribution in [2.75, 3.05) is 13.2 Å². The van der Waals surface area contributed by atoms with Gasteiger partial charge in [-0.05, 0) is 50.3 Å². The molecule has 0 saturated carbocycles. The minimum Gasteiger partial charge on any atom is -0.493 e. The monoisotopic (exact) mass is 414 g/mol. The second kappa shape index (κ2) is 9.80. The van der Waals surface area contributed by atoms with Gasteiger partial charge in [0.05, 0.1) is 19.1 Å². The molecule has 1 heterocycles. The van der Waals surface area contributed by atoms with Gasteiger partial charge in [-0.25, -0.2) is 4.79 Å². The van der Waals surface area contributed by atoms with Crippen LogP contribution < -0.4 is 10.4 Å². The zero-order valence-electron chi connectivity index (χ0n) is 16.7. The van der Waals surface area contributed by atoms with Crippen molar-refractivity contribution >= 4 is 16.9 Å². The lowest BCUT2D eigenvalue weighted by Crippen LogP contribution is -2.20. The molecule has 0 aliphatic heterocycles. The van der Waals surface area contributed by atoms with Crippen molar-refractivity contribution in [1.82, 2.24) is 0 Å². The minimum atomic E-state index is -4.76. The molecule has 0 aliphatic rings. The van der Waals surface area contributed by atoms with Crippen LogP contribution in [0.1, 0.15) is 50.7 Å². The highest BCUT2D eigenvalue weighted by atomic mass is 19.4. The number of alkyl halides is 3. The first-order valence-corrected chi connectivity index (χ1v) is 9.55. The number of hydrogen-bond donors (Lipinski definition) is 0. The summed E-state index contributed by atoms with van der Waals surface area (Å²) in [6.07, 6.45) is -1.44. The Hall–Kier alpha value is -2.51. The summed E-state index contributed by atoms with van der Waals surface area (Å²) in [6, 6.07) is 4.44. The first kappa shape index (κ1) is 22.8. The highest BCUT2D eigenvalue weighted by Crippen LogP contribution is 2.33. The van der Waals surface area contributed by atoms with Crippen LogP contribution in [0.25, 0.3) is 11.0 Å². The van der Waals surface area contributed by atoms with Gasteiger partial charge in [-0.15, -0.1) is 0 Å². The van der Waals surface area contributed by atoms with Crippen molar-refractivity contribution in [3.05, 3.63) is 39.7 Å². The third-order valence-corrected chi connectivity index (χ3v) is 4.45. The molecule has 0 amide bonds. The van der Waals surface area contributed by atoms with E-state index in [1.165, 1.54) is 19.1 Å². The lowest BCUT2D eigenvalue weighted by molar-refractivity contribution is -0.147. The topological polar surface area (TPSA) is 65.7 Å². The van der Waals surface area contributed by atoms with E-state index in [1.807, 2.05) is 0 Å². The first-order chi connectivity index (χ1) is 13.6. The Bertz CT molecular complexity index is 900. The van der Waals surface area contributed by atoms with Crippen molar-refractivity contribution in [1.29, 1.82) is 0 Å². The summed E-state index contributed by atoms with van der Waals surface area (Å²) >= 11 is 0. The molecule has 160 valence electrons. The Balaban J connectivity index is 1.84. The second-order valence-corrected chi connectivity index (χ2v) is 7.13. The predicted molar refractivity (Wildman–Crippen MR) is 102 cm³/mol. The SMILES string of the molecule is Cc1c(C(F)(F)F)c(=O)oc2cc(OCCCCCCOC(=O)C(C)C)ccc12. The zero-order valence-corrected chi connectivity index (χ0v) is 16.7. The molecule has 5 nitrogen and oxygen atoms in total. The fraction of sp³-hybridized carbons (Fsp3) is 0.524. The summed E-state index contributed by atoms with van der Waals surface area (Å²) in [5.74, 6) is 0.0955. The average Bonchev–Trinajstić information content (AvgIpc) is 2.62. The maximum absolute atomic E-state index is 13.0. The maximum Gasteiger partial charge on any atom is 0.423 e. The normalized spacial score (nSPS) is 11.8. The smallest absolute Gasteiger partial charge is 0.423 e. The van der Waals surface area contributed by atoms with Gasteiger partial charge >= 0.3 is 17.8 Å². The predicted octanol–water partition coefficient (Wildman–Crippen LogP) is 5.26. The molecule has 0 fully saturated rings. The molecule has 0 N–H and O–H groups in total. The molecule has 0 radical (unpaired) electrons. The van der Waals surface area contributed by atoms with Gasteiger partial charge in [0.25, 0.3) is 0 Å². The number of hydrogen-bond acceptors (Lipinski definition) is 5. The van der Waals surface area contributed by atoms with Gasteiger partial charge < -0.3 is 13.9 Å².